The molecule has 5 nitrogen and oxygen atoms in total. The maximum Gasteiger partial charge on any atom is 0.416 e. The van der Waals surface area contributed by atoms with E-state index in [2.05, 4.69) is 5.32 Å². The van der Waals surface area contributed by atoms with Crippen LogP contribution in [-0.2, 0) is 11.0 Å². The van der Waals surface area contributed by atoms with Crippen molar-refractivity contribution in [2.75, 3.05) is 26.6 Å². The lowest BCUT2D eigenvalue weighted by atomic mass is 10.0. The minimum absolute atomic E-state index is 0.119. The van der Waals surface area contributed by atoms with Crippen LogP contribution in [0.2, 0.25) is 0 Å². The van der Waals surface area contributed by atoms with Crippen LogP contribution < -0.4 is 19.5 Å². The van der Waals surface area contributed by atoms with Gasteiger partial charge in [-0.2, -0.15) is 13.2 Å². The van der Waals surface area contributed by atoms with Crippen LogP contribution in [0.4, 0.5) is 18.9 Å². The molecule has 0 fully saturated rings. The van der Waals surface area contributed by atoms with E-state index in [4.69, 9.17) is 14.2 Å². The molecule has 0 atom stereocenters. The fourth-order valence-corrected chi connectivity index (χ4v) is 2.87. The molecule has 8 heteroatoms. The number of anilines is 1. The number of carbonyl (C=O) groups is 1. The van der Waals surface area contributed by atoms with Crippen LogP contribution in [0.1, 0.15) is 16.7 Å². The van der Waals surface area contributed by atoms with E-state index < -0.39 is 17.6 Å². The summed E-state index contributed by atoms with van der Waals surface area (Å²) in [4.78, 5) is 12.3. The number of ether oxygens (including phenoxy) is 3. The molecule has 1 aliphatic rings. The SMILES string of the molecule is COc1cc(/C=C2/C(=O)Nc3cc(C(F)(F)F)ccc32)cc(OC)c1OC. The van der Waals surface area contributed by atoms with E-state index in [-0.39, 0.29) is 11.3 Å². The van der Waals surface area contributed by atoms with Crippen LogP contribution in [0.5, 0.6) is 17.2 Å². The molecule has 0 spiro atoms. The van der Waals surface area contributed by atoms with E-state index in [0.29, 0.717) is 28.4 Å². The van der Waals surface area contributed by atoms with E-state index in [0.717, 1.165) is 12.1 Å². The predicted molar refractivity (Wildman–Crippen MR) is 94.0 cm³/mol. The molecule has 1 N–H and O–H groups in total. The molecular formula is C19H16F3NO4. The molecule has 142 valence electrons. The van der Waals surface area contributed by atoms with Gasteiger partial charge in [0.15, 0.2) is 11.5 Å². The molecule has 1 heterocycles. The Labute approximate surface area is 153 Å². The lowest BCUT2D eigenvalue weighted by Crippen LogP contribution is -2.06. The zero-order chi connectivity index (χ0) is 19.8. The van der Waals surface area contributed by atoms with Crippen LogP contribution in [0.3, 0.4) is 0 Å². The number of hydrogen-bond donors (Lipinski definition) is 1. The van der Waals surface area contributed by atoms with Gasteiger partial charge in [0.05, 0.1) is 26.9 Å². The van der Waals surface area contributed by atoms with E-state index >= 15 is 0 Å². The van der Waals surface area contributed by atoms with E-state index in [1.807, 2.05) is 0 Å². The van der Waals surface area contributed by atoms with Crippen molar-refractivity contribution in [3.8, 4) is 17.2 Å². The molecule has 3 rings (SSSR count). The highest BCUT2D eigenvalue weighted by atomic mass is 19.4. The lowest BCUT2D eigenvalue weighted by Gasteiger charge is -2.13. The normalized spacial score (nSPS) is 14.7. The molecule has 0 aliphatic carbocycles. The number of carbonyl (C=O) groups excluding carboxylic acids is 1. The van der Waals surface area contributed by atoms with Gasteiger partial charge in [0.1, 0.15) is 0 Å². The zero-order valence-corrected chi connectivity index (χ0v) is 14.7. The molecule has 1 amide bonds. The van der Waals surface area contributed by atoms with Crippen LogP contribution in [0, 0.1) is 0 Å². The second-order valence-corrected chi connectivity index (χ2v) is 5.73. The summed E-state index contributed by atoms with van der Waals surface area (Å²) in [5.41, 5.74) is 0.501. The number of nitrogens with one attached hydrogen (secondary N) is 1. The summed E-state index contributed by atoms with van der Waals surface area (Å²) in [6.07, 6.45) is -2.93. The smallest absolute Gasteiger partial charge is 0.416 e. The Kier molecular flexibility index (Phi) is 4.73. The van der Waals surface area contributed by atoms with E-state index in [1.54, 1.807) is 18.2 Å². The Morgan fingerprint density at radius 1 is 0.963 bits per heavy atom. The Morgan fingerprint density at radius 3 is 2.11 bits per heavy atom. The van der Waals surface area contributed by atoms with E-state index in [9.17, 15) is 18.0 Å². The van der Waals surface area contributed by atoms with Crippen molar-refractivity contribution in [2.24, 2.45) is 0 Å². The topological polar surface area (TPSA) is 56.8 Å². The minimum Gasteiger partial charge on any atom is -0.493 e. The number of fused-ring (bicyclic) bond motifs is 1. The van der Waals surface area contributed by atoms with Gasteiger partial charge in [-0.1, -0.05) is 6.07 Å². The van der Waals surface area contributed by atoms with Crippen molar-refractivity contribution in [1.29, 1.82) is 0 Å². The quantitative estimate of drug-likeness (QED) is 0.808. The number of halogens is 3. The third-order valence-electron chi connectivity index (χ3n) is 4.13. The van der Waals surface area contributed by atoms with E-state index in [1.165, 1.54) is 27.4 Å². The van der Waals surface area contributed by atoms with Gasteiger partial charge in [-0.15, -0.1) is 0 Å². The molecule has 2 aromatic carbocycles. The average Bonchev–Trinajstić information content (AvgIpc) is 2.94. The Hall–Kier alpha value is -3.16. The average molecular weight is 379 g/mol. The first kappa shape index (κ1) is 18.6. The van der Waals surface area contributed by atoms with Crippen LogP contribution in [0.15, 0.2) is 30.3 Å². The highest BCUT2D eigenvalue weighted by molar-refractivity contribution is 6.35. The molecule has 1 aliphatic heterocycles. The maximum absolute atomic E-state index is 12.9. The summed E-state index contributed by atoms with van der Waals surface area (Å²) in [6.45, 7) is 0. The second-order valence-electron chi connectivity index (χ2n) is 5.73. The molecular weight excluding hydrogens is 363 g/mol. The lowest BCUT2D eigenvalue weighted by molar-refractivity contribution is -0.137. The van der Waals surface area contributed by atoms with Crippen molar-refractivity contribution in [3.05, 3.63) is 47.0 Å². The molecule has 0 saturated heterocycles. The molecule has 0 aromatic heterocycles. The first-order valence-electron chi connectivity index (χ1n) is 7.83. The first-order chi connectivity index (χ1) is 12.8. The van der Waals surface area contributed by atoms with Crippen molar-refractivity contribution < 1.29 is 32.2 Å². The van der Waals surface area contributed by atoms with Crippen LogP contribution >= 0.6 is 0 Å². The first-order valence-corrected chi connectivity index (χ1v) is 7.83. The standard InChI is InChI=1S/C19H16F3NO4/c1-25-15-7-10(8-16(26-2)17(15)27-3)6-13-12-5-4-11(19(20,21)22)9-14(12)23-18(13)24/h4-9H,1-3H3,(H,23,24)/b13-6+. The highest BCUT2D eigenvalue weighted by Gasteiger charge is 2.33. The summed E-state index contributed by atoms with van der Waals surface area (Å²) in [5.74, 6) is 0.704. The molecule has 0 unspecified atom stereocenters. The van der Waals surface area contributed by atoms with Gasteiger partial charge >= 0.3 is 6.18 Å². The van der Waals surface area contributed by atoms with Crippen molar-refractivity contribution in [3.63, 3.8) is 0 Å². The summed E-state index contributed by atoms with van der Waals surface area (Å²) in [5, 5.41) is 2.47. The molecule has 0 bridgehead atoms. The van der Waals surface area contributed by atoms with Crippen molar-refractivity contribution in [2.45, 2.75) is 6.18 Å². The van der Waals surface area contributed by atoms with Gasteiger partial charge in [-0.25, -0.2) is 0 Å². The van der Waals surface area contributed by atoms with Crippen molar-refractivity contribution >= 4 is 23.2 Å². The molecule has 0 saturated carbocycles. The monoisotopic (exact) mass is 379 g/mol. The largest absolute Gasteiger partial charge is 0.493 e. The number of benzene rings is 2. The number of amides is 1. The summed E-state index contributed by atoms with van der Waals surface area (Å²) >= 11 is 0. The van der Waals surface area contributed by atoms with Gasteiger partial charge in [0.2, 0.25) is 5.75 Å². The molecule has 2 aromatic rings. The van der Waals surface area contributed by atoms with Gasteiger partial charge < -0.3 is 19.5 Å². The number of rotatable bonds is 4. The number of alkyl halides is 3. The Balaban J connectivity index is 2.08. The van der Waals surface area contributed by atoms with Gasteiger partial charge in [-0.3, -0.25) is 4.79 Å². The summed E-state index contributed by atoms with van der Waals surface area (Å²) in [6, 6.07) is 6.43. The Morgan fingerprint density at radius 2 is 1.59 bits per heavy atom. The summed E-state index contributed by atoms with van der Waals surface area (Å²) < 4.78 is 54.4. The van der Waals surface area contributed by atoms with Crippen LogP contribution in [-0.4, -0.2) is 27.2 Å². The number of methoxy groups -OCH3 is 3. The minimum atomic E-state index is -4.48. The third-order valence-corrected chi connectivity index (χ3v) is 4.13. The highest BCUT2D eigenvalue weighted by Crippen LogP contribution is 2.41. The fraction of sp³-hybridized carbons (Fsp3) is 0.211. The number of hydrogen-bond acceptors (Lipinski definition) is 4. The second kappa shape index (κ2) is 6.86. The fourth-order valence-electron chi connectivity index (χ4n) is 2.87. The van der Waals surface area contributed by atoms with Gasteiger partial charge in [-0.05, 0) is 35.9 Å². The van der Waals surface area contributed by atoms with Gasteiger partial charge in [0, 0.05) is 16.8 Å². The third kappa shape index (κ3) is 3.42. The van der Waals surface area contributed by atoms with Crippen LogP contribution in [0.25, 0.3) is 11.6 Å². The molecule has 27 heavy (non-hydrogen) atoms. The zero-order valence-electron chi connectivity index (χ0n) is 14.7. The molecule has 0 radical (unpaired) electrons. The summed E-state index contributed by atoms with van der Waals surface area (Å²) in [7, 11) is 4.40. The Bertz CT molecular complexity index is 910. The van der Waals surface area contributed by atoms with Crippen molar-refractivity contribution in [1.82, 2.24) is 0 Å². The maximum atomic E-state index is 12.9. The predicted octanol–water partition coefficient (Wildman–Crippen LogP) is 4.22. The van der Waals surface area contributed by atoms with Gasteiger partial charge in [0.25, 0.3) is 5.91 Å².